The predicted octanol–water partition coefficient (Wildman–Crippen LogP) is 2.56. The first-order valence-corrected chi connectivity index (χ1v) is 8.28. The van der Waals surface area contributed by atoms with Gasteiger partial charge in [0.05, 0.1) is 17.2 Å². The van der Waals surface area contributed by atoms with Gasteiger partial charge in [-0.2, -0.15) is 0 Å². The number of H-pyrrole nitrogens is 1. The molecule has 7 heteroatoms. The normalized spacial score (nSPS) is 15.4. The molecule has 1 N–H and O–H groups in total. The highest BCUT2D eigenvalue weighted by Gasteiger charge is 2.27. The number of fused-ring (bicyclic) bond motifs is 1. The van der Waals surface area contributed by atoms with Crippen molar-refractivity contribution >= 4 is 17.1 Å². The summed E-state index contributed by atoms with van der Waals surface area (Å²) < 4.78 is 7.13. The summed E-state index contributed by atoms with van der Waals surface area (Å²) >= 11 is 0. The number of likely N-dealkylation sites (tertiary alicyclic amines) is 1. The molecule has 128 valence electrons. The van der Waals surface area contributed by atoms with Crippen molar-refractivity contribution in [3.63, 3.8) is 0 Å². The molecule has 3 aromatic rings. The monoisotopic (exact) mass is 338 g/mol. The van der Waals surface area contributed by atoms with E-state index in [1.165, 1.54) is 6.20 Å². The average Bonchev–Trinajstić information content (AvgIpc) is 2.98. The molecule has 3 heterocycles. The van der Waals surface area contributed by atoms with Crippen LogP contribution in [-0.4, -0.2) is 38.6 Å². The maximum Gasteiger partial charge on any atom is 0.415 e. The lowest BCUT2D eigenvalue weighted by molar-refractivity contribution is 0.132. The molecule has 1 aliphatic heterocycles. The van der Waals surface area contributed by atoms with Crippen LogP contribution < -0.4 is 10.4 Å². The van der Waals surface area contributed by atoms with Gasteiger partial charge in [0, 0.05) is 25.3 Å². The minimum absolute atomic E-state index is 0.0751. The molecule has 2 aromatic heterocycles. The number of benzene rings is 1. The summed E-state index contributed by atoms with van der Waals surface area (Å²) in [4.78, 5) is 33.0. The lowest BCUT2D eigenvalue weighted by Gasteiger charge is -2.31. The number of nitrogens with one attached hydrogen (secondary N) is 1. The van der Waals surface area contributed by atoms with Crippen LogP contribution in [0.25, 0.3) is 11.0 Å². The number of amides is 1. The van der Waals surface area contributed by atoms with E-state index in [1.54, 1.807) is 27.8 Å². The highest BCUT2D eigenvalue weighted by molar-refractivity contribution is 5.75. The molecule has 25 heavy (non-hydrogen) atoms. The lowest BCUT2D eigenvalue weighted by atomic mass is 10.0. The van der Waals surface area contributed by atoms with Crippen molar-refractivity contribution in [1.29, 1.82) is 0 Å². The zero-order valence-electron chi connectivity index (χ0n) is 13.6. The van der Waals surface area contributed by atoms with E-state index in [4.69, 9.17) is 4.74 Å². The minimum atomic E-state index is -0.377. The highest BCUT2D eigenvalue weighted by Crippen LogP contribution is 2.25. The summed E-state index contributed by atoms with van der Waals surface area (Å²) in [6, 6.07) is 11.2. The summed E-state index contributed by atoms with van der Waals surface area (Å²) in [5.74, 6) is 0.433. The van der Waals surface area contributed by atoms with Gasteiger partial charge >= 0.3 is 11.8 Å². The Balaban J connectivity index is 1.45. The van der Waals surface area contributed by atoms with Crippen LogP contribution in [0.2, 0.25) is 0 Å². The Labute approximate surface area is 143 Å². The third-order valence-electron chi connectivity index (χ3n) is 4.55. The number of hydrogen-bond acceptors (Lipinski definition) is 4. The van der Waals surface area contributed by atoms with Crippen LogP contribution in [0, 0.1) is 0 Å². The second-order valence-corrected chi connectivity index (χ2v) is 6.09. The predicted molar refractivity (Wildman–Crippen MR) is 92.7 cm³/mol. The van der Waals surface area contributed by atoms with E-state index < -0.39 is 0 Å². The van der Waals surface area contributed by atoms with Gasteiger partial charge in [0.25, 0.3) is 0 Å². The van der Waals surface area contributed by atoms with Crippen molar-refractivity contribution in [2.24, 2.45) is 0 Å². The molecule has 0 unspecified atom stereocenters. The first-order chi connectivity index (χ1) is 12.2. The van der Waals surface area contributed by atoms with Crippen LogP contribution in [0.3, 0.4) is 0 Å². The summed E-state index contributed by atoms with van der Waals surface area (Å²) in [7, 11) is 0. The molecule has 1 amide bonds. The number of aromatic nitrogens is 3. The molecule has 0 bridgehead atoms. The number of ether oxygens (including phenoxy) is 1. The number of piperidine rings is 1. The Kier molecular flexibility index (Phi) is 3.97. The number of nitrogens with zero attached hydrogens (tertiary/aromatic N) is 3. The smallest absolute Gasteiger partial charge is 0.409 e. The van der Waals surface area contributed by atoms with Gasteiger partial charge in [-0.3, -0.25) is 9.55 Å². The quantitative estimate of drug-likeness (QED) is 0.779. The SMILES string of the molecule is O=C(Oc1cccnc1)N1CCC(n2c(=O)[nH]c3ccccc32)CC1. The number of carbonyl (C=O) groups excluding carboxylic acids is 1. The molecule has 0 saturated carbocycles. The zero-order chi connectivity index (χ0) is 17.2. The van der Waals surface area contributed by atoms with Crippen LogP contribution in [-0.2, 0) is 0 Å². The highest BCUT2D eigenvalue weighted by atomic mass is 16.6. The molecule has 1 aromatic carbocycles. The second kappa shape index (κ2) is 6.43. The van der Waals surface area contributed by atoms with E-state index in [0.717, 1.165) is 11.0 Å². The maximum atomic E-state index is 12.3. The Bertz CT molecular complexity index is 940. The third-order valence-corrected chi connectivity index (χ3v) is 4.55. The second-order valence-electron chi connectivity index (χ2n) is 6.09. The third kappa shape index (κ3) is 3.00. The molecule has 7 nitrogen and oxygen atoms in total. The molecule has 0 spiro atoms. The zero-order valence-corrected chi connectivity index (χ0v) is 13.6. The van der Waals surface area contributed by atoms with Crippen LogP contribution in [0.5, 0.6) is 5.75 Å². The summed E-state index contributed by atoms with van der Waals surface area (Å²) in [6.07, 6.45) is 4.18. The van der Waals surface area contributed by atoms with Gasteiger partial charge in [-0.15, -0.1) is 0 Å². The molecular weight excluding hydrogens is 320 g/mol. The molecule has 4 rings (SSSR count). The molecule has 0 atom stereocenters. The van der Waals surface area contributed by atoms with Crippen LogP contribution in [0.4, 0.5) is 4.79 Å². The van der Waals surface area contributed by atoms with E-state index in [9.17, 15) is 9.59 Å². The standard InChI is InChI=1S/C18H18N4O3/c23-17-20-15-5-1-2-6-16(15)22(17)13-7-10-21(11-8-13)18(24)25-14-4-3-9-19-12-14/h1-6,9,12-13H,7-8,10-11H2,(H,20,23). The van der Waals surface area contributed by atoms with Gasteiger partial charge in [0.15, 0.2) is 5.75 Å². The fourth-order valence-electron chi connectivity index (χ4n) is 3.32. The molecule has 0 radical (unpaired) electrons. The van der Waals surface area contributed by atoms with Crippen molar-refractivity contribution in [1.82, 2.24) is 19.4 Å². The largest absolute Gasteiger partial charge is 0.415 e. The van der Waals surface area contributed by atoms with Crippen molar-refractivity contribution in [2.75, 3.05) is 13.1 Å². The molecule has 1 fully saturated rings. The van der Waals surface area contributed by atoms with E-state index >= 15 is 0 Å². The van der Waals surface area contributed by atoms with Gasteiger partial charge in [-0.25, -0.2) is 9.59 Å². The Hall–Kier alpha value is -3.09. The van der Waals surface area contributed by atoms with Gasteiger partial charge in [0.1, 0.15) is 0 Å². The fourth-order valence-corrected chi connectivity index (χ4v) is 3.32. The summed E-state index contributed by atoms with van der Waals surface area (Å²) in [6.45, 7) is 1.10. The maximum absolute atomic E-state index is 12.3. The number of pyridine rings is 1. The number of carbonyl (C=O) groups is 1. The summed E-state index contributed by atoms with van der Waals surface area (Å²) in [5.41, 5.74) is 1.65. The van der Waals surface area contributed by atoms with Crippen molar-refractivity contribution in [2.45, 2.75) is 18.9 Å². The molecule has 1 aliphatic rings. The van der Waals surface area contributed by atoms with Crippen molar-refractivity contribution in [3.05, 3.63) is 59.3 Å². The van der Waals surface area contributed by atoms with Gasteiger partial charge in [-0.05, 0) is 37.1 Å². The van der Waals surface area contributed by atoms with E-state index in [1.807, 2.05) is 24.3 Å². The first-order valence-electron chi connectivity index (χ1n) is 8.28. The van der Waals surface area contributed by atoms with Crippen LogP contribution in [0.15, 0.2) is 53.6 Å². The summed E-state index contributed by atoms with van der Waals surface area (Å²) in [5, 5.41) is 0. The fraction of sp³-hybridized carbons (Fsp3) is 0.278. The number of para-hydroxylation sites is 2. The molecular formula is C18H18N4O3. The Morgan fingerprint density at radius 2 is 1.96 bits per heavy atom. The minimum Gasteiger partial charge on any atom is -0.409 e. The first kappa shape index (κ1) is 15.4. The van der Waals surface area contributed by atoms with Crippen molar-refractivity contribution < 1.29 is 9.53 Å². The van der Waals surface area contributed by atoms with Gasteiger partial charge in [0.2, 0.25) is 0 Å². The topological polar surface area (TPSA) is 80.2 Å². The van der Waals surface area contributed by atoms with E-state index in [2.05, 4.69) is 9.97 Å². The Morgan fingerprint density at radius 3 is 2.72 bits per heavy atom. The van der Waals surface area contributed by atoms with Crippen LogP contribution >= 0.6 is 0 Å². The van der Waals surface area contributed by atoms with Gasteiger partial charge in [-0.1, -0.05) is 12.1 Å². The van der Waals surface area contributed by atoms with E-state index in [0.29, 0.717) is 31.7 Å². The number of hydrogen-bond donors (Lipinski definition) is 1. The van der Waals surface area contributed by atoms with E-state index in [-0.39, 0.29) is 17.8 Å². The molecule has 1 saturated heterocycles. The number of aromatic amines is 1. The number of imidazole rings is 1. The Morgan fingerprint density at radius 1 is 1.16 bits per heavy atom. The molecule has 0 aliphatic carbocycles. The number of rotatable bonds is 2. The van der Waals surface area contributed by atoms with Gasteiger partial charge < -0.3 is 14.6 Å². The average molecular weight is 338 g/mol. The van der Waals surface area contributed by atoms with Crippen LogP contribution in [0.1, 0.15) is 18.9 Å². The van der Waals surface area contributed by atoms with Crippen molar-refractivity contribution in [3.8, 4) is 5.75 Å². The lowest BCUT2D eigenvalue weighted by Crippen LogP contribution is -2.41.